The van der Waals surface area contributed by atoms with Crippen LogP contribution in [-0.4, -0.2) is 29.0 Å². The summed E-state index contributed by atoms with van der Waals surface area (Å²) < 4.78 is 14.8. The fourth-order valence-electron chi connectivity index (χ4n) is 2.11. The van der Waals surface area contributed by atoms with Crippen LogP contribution < -0.4 is 0 Å². The molecule has 0 saturated carbocycles. The Morgan fingerprint density at radius 3 is 1.67 bits per heavy atom. The van der Waals surface area contributed by atoms with Crippen molar-refractivity contribution in [2.45, 2.75) is 70.6 Å². The summed E-state index contributed by atoms with van der Waals surface area (Å²) in [5.41, 5.74) is 0. The van der Waals surface area contributed by atoms with E-state index in [0.29, 0.717) is 13.0 Å². The number of phosphoric acid groups is 1. The fourth-order valence-corrected chi connectivity index (χ4v) is 2.48. The quantitative estimate of drug-likeness (QED) is 0.207. The third-order valence-electron chi connectivity index (χ3n) is 3.24. The van der Waals surface area contributed by atoms with Crippen LogP contribution in [0.3, 0.4) is 0 Å². The SMILES string of the molecule is O=C=NCCCCCCCCCCCCCOP(=O)(O)O. The molecule has 0 aromatic carbocycles. The maximum absolute atomic E-state index is 10.4. The van der Waals surface area contributed by atoms with Gasteiger partial charge in [0.1, 0.15) is 0 Å². The molecular formula is C14H28NO5P. The van der Waals surface area contributed by atoms with Gasteiger partial charge in [-0.25, -0.2) is 14.4 Å². The van der Waals surface area contributed by atoms with E-state index in [1.54, 1.807) is 6.08 Å². The van der Waals surface area contributed by atoms with Crippen molar-refractivity contribution in [1.82, 2.24) is 0 Å². The van der Waals surface area contributed by atoms with Gasteiger partial charge < -0.3 is 9.79 Å². The summed E-state index contributed by atoms with van der Waals surface area (Å²) >= 11 is 0. The number of aliphatic imine (C=N–C) groups is 1. The first-order valence-corrected chi connectivity index (χ1v) is 9.33. The second kappa shape index (κ2) is 14.4. The molecule has 21 heavy (non-hydrogen) atoms. The molecule has 0 atom stereocenters. The van der Waals surface area contributed by atoms with Crippen molar-refractivity contribution >= 4 is 13.9 Å². The van der Waals surface area contributed by atoms with Crippen molar-refractivity contribution in [3.8, 4) is 0 Å². The zero-order chi connectivity index (χ0) is 15.8. The summed E-state index contributed by atoms with van der Waals surface area (Å²) in [5.74, 6) is 0. The molecule has 0 amide bonds. The average molecular weight is 321 g/mol. The predicted molar refractivity (Wildman–Crippen MR) is 81.8 cm³/mol. The van der Waals surface area contributed by atoms with Crippen LogP contribution in [0.25, 0.3) is 0 Å². The van der Waals surface area contributed by atoms with Gasteiger partial charge in [0.05, 0.1) is 13.2 Å². The van der Waals surface area contributed by atoms with Crippen LogP contribution in [0.1, 0.15) is 70.6 Å². The summed E-state index contributed by atoms with van der Waals surface area (Å²) in [6, 6.07) is 0. The van der Waals surface area contributed by atoms with Crippen LogP contribution >= 0.6 is 7.82 Å². The molecule has 0 aliphatic heterocycles. The zero-order valence-corrected chi connectivity index (χ0v) is 13.6. The standard InChI is InChI=1S/C14H28NO5P/c16-14-15-12-10-8-6-4-2-1-3-5-7-9-11-13-20-21(17,18)19/h1-13H2,(H2,17,18,19). The lowest BCUT2D eigenvalue weighted by atomic mass is 10.1. The first-order valence-electron chi connectivity index (χ1n) is 7.80. The molecule has 0 heterocycles. The van der Waals surface area contributed by atoms with Gasteiger partial charge in [-0.15, -0.1) is 0 Å². The molecule has 0 aliphatic carbocycles. The van der Waals surface area contributed by atoms with Crippen molar-refractivity contribution in [1.29, 1.82) is 0 Å². The molecule has 6 nitrogen and oxygen atoms in total. The molecule has 0 bridgehead atoms. The molecule has 0 radical (unpaired) electrons. The topological polar surface area (TPSA) is 96.2 Å². The molecule has 0 aliphatic rings. The highest BCUT2D eigenvalue weighted by molar-refractivity contribution is 7.46. The summed E-state index contributed by atoms with van der Waals surface area (Å²) in [4.78, 5) is 30.3. The number of nitrogens with zero attached hydrogens (tertiary/aromatic N) is 1. The predicted octanol–water partition coefficient (Wildman–Crippen LogP) is 3.72. The Balaban J connectivity index is 3.06. The molecule has 2 N–H and O–H groups in total. The van der Waals surface area contributed by atoms with Gasteiger partial charge in [0.2, 0.25) is 6.08 Å². The Labute approximate surface area is 127 Å². The fraction of sp³-hybridized carbons (Fsp3) is 0.929. The van der Waals surface area contributed by atoms with Gasteiger partial charge in [0.25, 0.3) is 0 Å². The first-order chi connectivity index (χ1) is 10.1. The van der Waals surface area contributed by atoms with Crippen LogP contribution in [0.15, 0.2) is 4.99 Å². The molecule has 0 unspecified atom stereocenters. The number of rotatable bonds is 15. The molecular weight excluding hydrogens is 293 g/mol. The molecule has 0 rings (SSSR count). The van der Waals surface area contributed by atoms with Crippen molar-refractivity contribution < 1.29 is 23.7 Å². The van der Waals surface area contributed by atoms with E-state index in [1.807, 2.05) is 0 Å². The molecule has 0 aromatic rings. The molecule has 0 saturated heterocycles. The molecule has 0 aromatic heterocycles. The maximum Gasteiger partial charge on any atom is 0.469 e. The Morgan fingerprint density at radius 2 is 1.24 bits per heavy atom. The van der Waals surface area contributed by atoms with E-state index in [2.05, 4.69) is 9.52 Å². The Hall–Kier alpha value is -0.510. The van der Waals surface area contributed by atoms with E-state index in [0.717, 1.165) is 25.7 Å². The van der Waals surface area contributed by atoms with E-state index in [1.165, 1.54) is 38.5 Å². The average Bonchev–Trinajstić information content (AvgIpc) is 2.42. The number of isocyanates is 1. The lowest BCUT2D eigenvalue weighted by molar-refractivity contribution is 0.193. The lowest BCUT2D eigenvalue weighted by Gasteiger charge is -2.05. The third kappa shape index (κ3) is 19.5. The van der Waals surface area contributed by atoms with Gasteiger partial charge in [-0.05, 0) is 12.8 Å². The smallest absolute Gasteiger partial charge is 0.303 e. The van der Waals surface area contributed by atoms with E-state index in [4.69, 9.17) is 9.79 Å². The van der Waals surface area contributed by atoms with E-state index in [9.17, 15) is 9.36 Å². The number of phosphoric ester groups is 1. The van der Waals surface area contributed by atoms with Crippen LogP contribution in [0.4, 0.5) is 0 Å². The number of hydrogen-bond acceptors (Lipinski definition) is 4. The van der Waals surface area contributed by atoms with Crippen molar-refractivity contribution in [3.63, 3.8) is 0 Å². The van der Waals surface area contributed by atoms with E-state index in [-0.39, 0.29) is 6.61 Å². The minimum atomic E-state index is -4.28. The molecule has 0 fully saturated rings. The zero-order valence-electron chi connectivity index (χ0n) is 12.7. The molecule has 124 valence electrons. The highest BCUT2D eigenvalue weighted by Gasteiger charge is 2.12. The summed E-state index contributed by atoms with van der Waals surface area (Å²) in [5, 5.41) is 0. The van der Waals surface area contributed by atoms with E-state index < -0.39 is 7.82 Å². The number of unbranched alkanes of at least 4 members (excludes halogenated alkanes) is 10. The van der Waals surface area contributed by atoms with Crippen molar-refractivity contribution in [2.75, 3.05) is 13.2 Å². The van der Waals surface area contributed by atoms with Crippen LogP contribution in [0.5, 0.6) is 0 Å². The number of hydrogen-bond donors (Lipinski definition) is 2. The third-order valence-corrected chi connectivity index (χ3v) is 3.76. The summed E-state index contributed by atoms with van der Waals surface area (Å²) in [7, 11) is -4.28. The van der Waals surface area contributed by atoms with Gasteiger partial charge in [-0.3, -0.25) is 4.52 Å². The van der Waals surface area contributed by atoms with Crippen molar-refractivity contribution in [3.05, 3.63) is 0 Å². The highest BCUT2D eigenvalue weighted by atomic mass is 31.2. The van der Waals surface area contributed by atoms with Gasteiger partial charge in [0.15, 0.2) is 0 Å². The molecule has 0 spiro atoms. The normalized spacial score (nSPS) is 11.3. The Morgan fingerprint density at radius 1 is 0.810 bits per heavy atom. The minimum Gasteiger partial charge on any atom is -0.303 e. The van der Waals surface area contributed by atoms with Crippen LogP contribution in [0.2, 0.25) is 0 Å². The monoisotopic (exact) mass is 321 g/mol. The summed E-state index contributed by atoms with van der Waals surface area (Å²) in [6.45, 7) is 0.744. The van der Waals surface area contributed by atoms with E-state index >= 15 is 0 Å². The molecule has 7 heteroatoms. The highest BCUT2D eigenvalue weighted by Crippen LogP contribution is 2.35. The Bertz CT molecular complexity index is 325. The second-order valence-electron chi connectivity index (χ2n) is 5.19. The summed E-state index contributed by atoms with van der Waals surface area (Å²) in [6.07, 6.45) is 13.7. The maximum atomic E-state index is 10.4. The second-order valence-corrected chi connectivity index (χ2v) is 6.43. The van der Waals surface area contributed by atoms with Gasteiger partial charge >= 0.3 is 7.82 Å². The number of carbonyl (C=O) groups excluding carboxylic acids is 1. The minimum absolute atomic E-state index is 0.137. The van der Waals surface area contributed by atoms with Crippen molar-refractivity contribution in [2.24, 2.45) is 4.99 Å². The largest absolute Gasteiger partial charge is 0.469 e. The first kappa shape index (κ1) is 20.5. The Kier molecular flexibility index (Phi) is 14.1. The lowest BCUT2D eigenvalue weighted by Crippen LogP contribution is -1.92. The van der Waals surface area contributed by atoms with Gasteiger partial charge in [-0.2, -0.15) is 0 Å². The van der Waals surface area contributed by atoms with Gasteiger partial charge in [-0.1, -0.05) is 57.8 Å². The van der Waals surface area contributed by atoms with Crippen LogP contribution in [-0.2, 0) is 13.9 Å². The van der Waals surface area contributed by atoms with Gasteiger partial charge in [0, 0.05) is 0 Å². The van der Waals surface area contributed by atoms with Crippen LogP contribution in [0, 0.1) is 0 Å².